The maximum atomic E-state index is 13.8. The highest BCUT2D eigenvalue weighted by atomic mass is 35.5. The highest BCUT2D eigenvalue weighted by molar-refractivity contribution is 6.30. The average molecular weight is 456 g/mol. The lowest BCUT2D eigenvalue weighted by molar-refractivity contribution is -0.150. The first kappa shape index (κ1) is 19.9. The number of halogens is 1. The lowest BCUT2D eigenvalue weighted by Gasteiger charge is -2.44. The summed E-state index contributed by atoms with van der Waals surface area (Å²) < 4.78 is 7.78. The summed E-state index contributed by atoms with van der Waals surface area (Å²) in [6.45, 7) is 0.306. The van der Waals surface area contributed by atoms with E-state index in [9.17, 15) is 14.7 Å². The zero-order valence-corrected chi connectivity index (χ0v) is 18.0. The molecule has 1 aromatic heterocycles. The second kappa shape index (κ2) is 6.86. The summed E-state index contributed by atoms with van der Waals surface area (Å²) in [5.41, 5.74) is -0.867. The minimum Gasteiger partial charge on any atom is -0.481 e. The molecule has 1 spiro atoms. The molecular weight excluding hydrogens is 434 g/mol. The number of carbonyl (C=O) groups excluding carboxylic acids is 1. The predicted octanol–water partition coefficient (Wildman–Crippen LogP) is 2.34. The van der Waals surface area contributed by atoms with Crippen molar-refractivity contribution in [3.05, 3.63) is 47.3 Å². The van der Waals surface area contributed by atoms with Gasteiger partial charge >= 0.3 is 5.97 Å². The van der Waals surface area contributed by atoms with Crippen LogP contribution in [0.5, 0.6) is 0 Å². The number of carboxylic acid groups (broad SMARTS) is 1. The van der Waals surface area contributed by atoms with Crippen LogP contribution in [0.3, 0.4) is 0 Å². The Morgan fingerprint density at radius 1 is 1.19 bits per heavy atom. The van der Waals surface area contributed by atoms with Crippen molar-refractivity contribution >= 4 is 23.5 Å². The highest BCUT2D eigenvalue weighted by Gasteiger charge is 2.69. The molecule has 0 radical (unpaired) electrons. The number of benzene rings is 1. The molecule has 4 atom stereocenters. The van der Waals surface area contributed by atoms with E-state index in [2.05, 4.69) is 15.5 Å². The molecule has 3 fully saturated rings. The van der Waals surface area contributed by atoms with Crippen LogP contribution in [0.15, 0.2) is 36.4 Å². The molecule has 1 aliphatic carbocycles. The Morgan fingerprint density at radius 3 is 2.66 bits per heavy atom. The van der Waals surface area contributed by atoms with Crippen molar-refractivity contribution in [1.29, 1.82) is 0 Å². The summed E-state index contributed by atoms with van der Waals surface area (Å²) >= 11 is 6.06. The summed E-state index contributed by atoms with van der Waals surface area (Å²) in [7, 11) is 0. The second-order valence-electron chi connectivity index (χ2n) is 9.15. The Bertz CT molecular complexity index is 1130. The number of rotatable bonds is 4. The molecule has 0 unspecified atom stereocenters. The predicted molar refractivity (Wildman–Crippen MR) is 112 cm³/mol. The molecule has 4 heterocycles. The summed E-state index contributed by atoms with van der Waals surface area (Å²) in [5.74, 6) is -2.18. The third-order valence-corrected chi connectivity index (χ3v) is 7.79. The van der Waals surface area contributed by atoms with Gasteiger partial charge in [-0.2, -0.15) is 4.68 Å². The number of carboxylic acids is 1. The normalized spacial score (nSPS) is 32.5. The fourth-order valence-electron chi connectivity index (χ4n) is 6.13. The molecule has 166 valence electrons. The monoisotopic (exact) mass is 455 g/mol. The van der Waals surface area contributed by atoms with Gasteiger partial charge in [0.1, 0.15) is 17.1 Å². The van der Waals surface area contributed by atoms with Crippen molar-refractivity contribution in [3.8, 4) is 5.69 Å². The van der Waals surface area contributed by atoms with Crippen LogP contribution in [0.4, 0.5) is 0 Å². The molecule has 6 rings (SSSR count). The van der Waals surface area contributed by atoms with Crippen LogP contribution in [0.2, 0.25) is 5.02 Å². The Hall–Kier alpha value is -2.78. The van der Waals surface area contributed by atoms with Crippen LogP contribution >= 0.6 is 11.6 Å². The van der Waals surface area contributed by atoms with Crippen molar-refractivity contribution in [1.82, 2.24) is 25.1 Å². The van der Waals surface area contributed by atoms with Crippen LogP contribution in [-0.2, 0) is 19.9 Å². The van der Waals surface area contributed by atoms with Crippen molar-refractivity contribution in [2.24, 2.45) is 11.8 Å². The molecule has 4 aliphatic rings. The number of aromatic nitrogens is 4. The van der Waals surface area contributed by atoms with Gasteiger partial charge in [0, 0.05) is 5.02 Å². The van der Waals surface area contributed by atoms with E-state index in [4.69, 9.17) is 16.3 Å². The smallest absolute Gasteiger partial charge is 0.310 e. The molecule has 1 amide bonds. The van der Waals surface area contributed by atoms with Gasteiger partial charge in [-0.15, -0.1) is 5.10 Å². The second-order valence-corrected chi connectivity index (χ2v) is 9.58. The Morgan fingerprint density at radius 2 is 1.94 bits per heavy atom. The third-order valence-electron chi connectivity index (χ3n) is 7.54. The van der Waals surface area contributed by atoms with Crippen molar-refractivity contribution in [3.63, 3.8) is 0 Å². The van der Waals surface area contributed by atoms with Crippen LogP contribution in [0.1, 0.15) is 37.9 Å². The summed E-state index contributed by atoms with van der Waals surface area (Å²) in [5, 5.41) is 23.0. The zero-order chi connectivity index (χ0) is 22.1. The van der Waals surface area contributed by atoms with E-state index in [1.54, 1.807) is 22.9 Å². The SMILES string of the molecule is O=C(O)[C@H]1[C@H]2C=C[C@@]3(CN(C4(c5nnnn5-c5ccc(Cl)cc5)CCCCC4)C(=O)[C@@H]13)O2. The molecule has 1 aromatic carbocycles. The van der Waals surface area contributed by atoms with Gasteiger partial charge in [-0.1, -0.05) is 43.0 Å². The van der Waals surface area contributed by atoms with Crippen molar-refractivity contribution in [2.45, 2.75) is 49.3 Å². The zero-order valence-electron chi connectivity index (χ0n) is 17.2. The van der Waals surface area contributed by atoms with Gasteiger partial charge in [-0.25, -0.2) is 0 Å². The number of fused-ring (bicyclic) bond motifs is 1. The van der Waals surface area contributed by atoms with E-state index in [1.807, 2.05) is 23.1 Å². The van der Waals surface area contributed by atoms with Gasteiger partial charge in [0.15, 0.2) is 5.82 Å². The van der Waals surface area contributed by atoms with Crippen molar-refractivity contribution in [2.75, 3.05) is 6.54 Å². The fraction of sp³-hybridized carbons (Fsp3) is 0.500. The number of tetrazole rings is 1. The summed E-state index contributed by atoms with van der Waals surface area (Å²) in [6, 6.07) is 7.22. The van der Waals surface area contributed by atoms with Gasteiger partial charge in [0.25, 0.3) is 0 Å². The highest BCUT2D eigenvalue weighted by Crippen LogP contribution is 2.56. The van der Waals surface area contributed by atoms with Crippen LogP contribution in [-0.4, -0.2) is 60.3 Å². The van der Waals surface area contributed by atoms with Crippen LogP contribution in [0.25, 0.3) is 5.69 Å². The average Bonchev–Trinajstić information content (AvgIpc) is 3.56. The van der Waals surface area contributed by atoms with Crippen molar-refractivity contribution < 1.29 is 19.4 Å². The minimum atomic E-state index is -0.995. The molecule has 2 aromatic rings. The Labute approximate surface area is 189 Å². The minimum absolute atomic E-state index is 0.184. The molecule has 3 aliphatic heterocycles. The van der Waals surface area contributed by atoms with E-state index in [-0.39, 0.29) is 5.91 Å². The molecule has 2 saturated heterocycles. The molecule has 32 heavy (non-hydrogen) atoms. The van der Waals surface area contributed by atoms with Gasteiger partial charge < -0.3 is 14.7 Å². The molecule has 10 heteroatoms. The number of carbonyl (C=O) groups is 2. The first-order valence-electron chi connectivity index (χ1n) is 10.9. The van der Waals surface area contributed by atoms with E-state index in [1.165, 1.54) is 0 Å². The maximum Gasteiger partial charge on any atom is 0.310 e. The maximum absolute atomic E-state index is 13.8. The van der Waals surface area contributed by atoms with Gasteiger partial charge in [0.2, 0.25) is 5.91 Å². The van der Waals surface area contributed by atoms with Gasteiger partial charge in [-0.05, 0) is 47.5 Å². The molecule has 2 bridgehead atoms. The largest absolute Gasteiger partial charge is 0.481 e. The lowest BCUT2D eigenvalue weighted by Crippen LogP contribution is -2.52. The number of amides is 1. The number of aliphatic carboxylic acids is 1. The van der Waals surface area contributed by atoms with Crippen LogP contribution in [0, 0.1) is 11.8 Å². The molecular formula is C22H22ClN5O4. The number of nitrogens with zero attached hydrogens (tertiary/aromatic N) is 5. The lowest BCUT2D eigenvalue weighted by atomic mass is 9.77. The quantitative estimate of drug-likeness (QED) is 0.704. The third kappa shape index (κ3) is 2.58. The summed E-state index contributed by atoms with van der Waals surface area (Å²) in [4.78, 5) is 27.7. The number of hydrogen-bond acceptors (Lipinski definition) is 6. The number of ether oxygens (including phenoxy) is 1. The van der Waals surface area contributed by atoms with Gasteiger partial charge in [-0.3, -0.25) is 9.59 Å². The Kier molecular flexibility index (Phi) is 4.26. The van der Waals surface area contributed by atoms with E-state index < -0.39 is 35.0 Å². The Balaban J connectivity index is 1.46. The molecule has 9 nitrogen and oxygen atoms in total. The first-order valence-corrected chi connectivity index (χ1v) is 11.3. The van der Waals surface area contributed by atoms with Crippen LogP contribution < -0.4 is 0 Å². The fourth-order valence-corrected chi connectivity index (χ4v) is 6.25. The summed E-state index contributed by atoms with van der Waals surface area (Å²) in [6.07, 6.45) is 7.46. The first-order chi connectivity index (χ1) is 15.5. The molecule has 1 saturated carbocycles. The van der Waals surface area contributed by atoms with E-state index in [0.717, 1.165) is 24.9 Å². The van der Waals surface area contributed by atoms with E-state index >= 15 is 0 Å². The topological polar surface area (TPSA) is 110 Å². The van der Waals surface area contributed by atoms with E-state index in [0.29, 0.717) is 30.2 Å². The standard InChI is InChI=1S/C22H22ClN5O4/c23-13-4-6-14(7-5-13)28-20(24-25-26-28)21(9-2-1-3-10-21)27-12-22-11-8-15(32-22)16(19(30)31)17(22)18(27)29/h4-8,11,15-17H,1-3,9-10,12H2,(H,30,31)/t15-,16+,17-,22+/m1/s1. The number of hydrogen-bond donors (Lipinski definition) is 1. The molecule has 1 N–H and O–H groups in total. The van der Waals surface area contributed by atoms with Gasteiger partial charge in [0.05, 0.1) is 24.3 Å². The number of likely N-dealkylation sites (tertiary alicyclic amines) is 1.